The maximum Gasteiger partial charge on any atom is 0.191 e. The monoisotopic (exact) mass is 377 g/mol. The molecule has 0 aliphatic carbocycles. The van der Waals surface area contributed by atoms with Crippen LogP contribution in [0.15, 0.2) is 23.2 Å². The van der Waals surface area contributed by atoms with Crippen molar-refractivity contribution in [1.29, 1.82) is 0 Å². The van der Waals surface area contributed by atoms with Gasteiger partial charge in [-0.3, -0.25) is 0 Å². The minimum atomic E-state index is 0. The van der Waals surface area contributed by atoms with E-state index in [0.717, 1.165) is 12.5 Å². The number of rotatable bonds is 5. The van der Waals surface area contributed by atoms with Crippen molar-refractivity contribution in [1.82, 2.24) is 10.6 Å². The molecule has 0 fully saturated rings. The third-order valence-corrected chi connectivity index (χ3v) is 2.65. The van der Waals surface area contributed by atoms with Gasteiger partial charge in [-0.2, -0.15) is 0 Å². The van der Waals surface area contributed by atoms with Crippen molar-refractivity contribution in [3.05, 3.63) is 34.9 Å². The fourth-order valence-electron chi connectivity index (χ4n) is 1.70. The van der Waals surface area contributed by atoms with Gasteiger partial charge in [0.15, 0.2) is 5.96 Å². The number of aliphatic hydroxyl groups is 1. The number of nitrogens with one attached hydrogen (secondary N) is 2. The van der Waals surface area contributed by atoms with E-state index in [2.05, 4.69) is 47.7 Å². The van der Waals surface area contributed by atoms with Crippen LogP contribution in [0.25, 0.3) is 0 Å². The highest BCUT2D eigenvalue weighted by Gasteiger charge is 1.99. The summed E-state index contributed by atoms with van der Waals surface area (Å²) in [6, 6.07) is 6.38. The Labute approximate surface area is 132 Å². The molecule has 3 N–H and O–H groups in total. The van der Waals surface area contributed by atoms with E-state index in [1.165, 1.54) is 16.7 Å². The third-order valence-electron chi connectivity index (χ3n) is 2.65. The highest BCUT2D eigenvalue weighted by atomic mass is 127. The van der Waals surface area contributed by atoms with Crippen LogP contribution in [-0.2, 0) is 6.54 Å². The largest absolute Gasteiger partial charge is 0.395 e. The second-order valence-corrected chi connectivity index (χ2v) is 4.28. The van der Waals surface area contributed by atoms with E-state index in [4.69, 9.17) is 5.11 Å². The molecule has 1 aromatic rings. The van der Waals surface area contributed by atoms with Crippen molar-refractivity contribution >= 4 is 29.9 Å². The van der Waals surface area contributed by atoms with Crippen molar-refractivity contribution in [2.75, 3.05) is 19.7 Å². The summed E-state index contributed by atoms with van der Waals surface area (Å²) >= 11 is 0. The molecule has 0 unspecified atom stereocenters. The van der Waals surface area contributed by atoms with Gasteiger partial charge in [-0.15, -0.1) is 24.0 Å². The average Bonchev–Trinajstić information content (AvgIpc) is 2.34. The predicted molar refractivity (Wildman–Crippen MR) is 91.2 cm³/mol. The van der Waals surface area contributed by atoms with Gasteiger partial charge in [-0.25, -0.2) is 4.99 Å². The van der Waals surface area contributed by atoms with E-state index in [-0.39, 0.29) is 30.6 Å². The molecule has 19 heavy (non-hydrogen) atoms. The molecular weight excluding hydrogens is 353 g/mol. The first-order chi connectivity index (χ1) is 8.67. The predicted octanol–water partition coefficient (Wildman–Crippen LogP) is 1.97. The first-order valence-corrected chi connectivity index (χ1v) is 6.36. The zero-order valence-electron chi connectivity index (χ0n) is 11.9. The van der Waals surface area contributed by atoms with Gasteiger partial charge in [0.25, 0.3) is 0 Å². The SMILES string of the molecule is CCNC(=NCc1ccc(C)cc1C)NCCO.I. The number of aryl methyl sites for hydroxylation is 2. The van der Waals surface area contributed by atoms with E-state index < -0.39 is 0 Å². The van der Waals surface area contributed by atoms with Crippen molar-refractivity contribution in [2.45, 2.75) is 27.3 Å². The Balaban J connectivity index is 0.00000324. The number of halogens is 1. The van der Waals surface area contributed by atoms with Gasteiger partial charge in [0.2, 0.25) is 0 Å². The molecule has 0 bridgehead atoms. The maximum atomic E-state index is 8.80. The number of benzene rings is 1. The van der Waals surface area contributed by atoms with Crippen LogP contribution in [0.4, 0.5) is 0 Å². The zero-order valence-corrected chi connectivity index (χ0v) is 14.2. The molecule has 0 aromatic heterocycles. The van der Waals surface area contributed by atoms with Crippen molar-refractivity contribution in [3.8, 4) is 0 Å². The number of aliphatic imine (C=N–C) groups is 1. The molecule has 4 nitrogen and oxygen atoms in total. The quantitative estimate of drug-likeness (QED) is 0.418. The van der Waals surface area contributed by atoms with E-state index in [1.54, 1.807) is 0 Å². The average molecular weight is 377 g/mol. The van der Waals surface area contributed by atoms with Crippen LogP contribution in [-0.4, -0.2) is 30.8 Å². The Kier molecular flexibility index (Phi) is 9.59. The fourth-order valence-corrected chi connectivity index (χ4v) is 1.70. The van der Waals surface area contributed by atoms with Crippen LogP contribution in [0.1, 0.15) is 23.6 Å². The molecule has 0 atom stereocenters. The molecule has 0 saturated heterocycles. The summed E-state index contributed by atoms with van der Waals surface area (Å²) in [4.78, 5) is 4.50. The normalized spacial score (nSPS) is 10.8. The molecule has 5 heteroatoms. The Hall–Kier alpha value is -0.820. The Morgan fingerprint density at radius 2 is 2.00 bits per heavy atom. The van der Waals surface area contributed by atoms with Crippen LogP contribution in [0.2, 0.25) is 0 Å². The van der Waals surface area contributed by atoms with Gasteiger partial charge in [0.1, 0.15) is 0 Å². The summed E-state index contributed by atoms with van der Waals surface area (Å²) < 4.78 is 0. The van der Waals surface area contributed by atoms with Crippen LogP contribution in [0, 0.1) is 13.8 Å². The lowest BCUT2D eigenvalue weighted by Gasteiger charge is -2.10. The lowest BCUT2D eigenvalue weighted by atomic mass is 10.1. The second kappa shape index (κ2) is 10.0. The van der Waals surface area contributed by atoms with Crippen molar-refractivity contribution in [2.24, 2.45) is 4.99 Å². The molecule has 0 saturated carbocycles. The number of hydrogen-bond acceptors (Lipinski definition) is 2. The zero-order chi connectivity index (χ0) is 13.4. The molecule has 1 aromatic carbocycles. The maximum absolute atomic E-state index is 8.80. The Morgan fingerprint density at radius 1 is 1.26 bits per heavy atom. The van der Waals surface area contributed by atoms with E-state index >= 15 is 0 Å². The minimum absolute atomic E-state index is 0. The molecule has 0 aliphatic heterocycles. The van der Waals surface area contributed by atoms with Crippen LogP contribution in [0.5, 0.6) is 0 Å². The molecule has 1 rings (SSSR count). The highest BCUT2D eigenvalue weighted by Crippen LogP contribution is 2.11. The summed E-state index contributed by atoms with van der Waals surface area (Å²) in [6.45, 7) is 8.29. The van der Waals surface area contributed by atoms with Crippen LogP contribution in [0.3, 0.4) is 0 Å². The first-order valence-electron chi connectivity index (χ1n) is 6.36. The molecule has 0 aliphatic rings. The van der Waals surface area contributed by atoms with E-state index in [9.17, 15) is 0 Å². The summed E-state index contributed by atoms with van der Waals surface area (Å²) in [5.74, 6) is 0.742. The topological polar surface area (TPSA) is 56.7 Å². The Bertz CT molecular complexity index is 408. The van der Waals surface area contributed by atoms with Gasteiger partial charge in [0.05, 0.1) is 13.2 Å². The molecule has 108 valence electrons. The molecule has 0 spiro atoms. The minimum Gasteiger partial charge on any atom is -0.395 e. The summed E-state index contributed by atoms with van der Waals surface area (Å²) in [5, 5.41) is 15.0. The van der Waals surface area contributed by atoms with Gasteiger partial charge < -0.3 is 15.7 Å². The van der Waals surface area contributed by atoms with Crippen molar-refractivity contribution < 1.29 is 5.11 Å². The summed E-state index contributed by atoms with van der Waals surface area (Å²) in [5.41, 5.74) is 3.75. The lowest BCUT2D eigenvalue weighted by Crippen LogP contribution is -2.38. The summed E-state index contributed by atoms with van der Waals surface area (Å²) in [7, 11) is 0. The second-order valence-electron chi connectivity index (χ2n) is 4.28. The highest BCUT2D eigenvalue weighted by molar-refractivity contribution is 14.0. The van der Waals surface area contributed by atoms with Crippen LogP contribution >= 0.6 is 24.0 Å². The van der Waals surface area contributed by atoms with Crippen molar-refractivity contribution in [3.63, 3.8) is 0 Å². The van der Waals surface area contributed by atoms with Crippen LogP contribution < -0.4 is 10.6 Å². The first kappa shape index (κ1) is 18.2. The molecule has 0 radical (unpaired) electrons. The number of hydrogen-bond donors (Lipinski definition) is 3. The number of nitrogens with zero attached hydrogens (tertiary/aromatic N) is 1. The number of aliphatic hydroxyl groups excluding tert-OH is 1. The smallest absolute Gasteiger partial charge is 0.191 e. The van der Waals surface area contributed by atoms with Gasteiger partial charge in [-0.1, -0.05) is 23.8 Å². The summed E-state index contributed by atoms with van der Waals surface area (Å²) in [6.07, 6.45) is 0. The fraction of sp³-hybridized carbons (Fsp3) is 0.500. The molecule has 0 amide bonds. The molecular formula is C14H24IN3O. The standard InChI is InChI=1S/C14H23N3O.HI/c1-4-15-14(16-7-8-18)17-10-13-6-5-11(2)9-12(13)3;/h5-6,9,18H,4,7-8,10H2,1-3H3,(H2,15,16,17);1H. The Morgan fingerprint density at radius 3 is 2.58 bits per heavy atom. The number of guanidine groups is 1. The van der Waals surface area contributed by atoms with Gasteiger partial charge >= 0.3 is 0 Å². The lowest BCUT2D eigenvalue weighted by molar-refractivity contribution is 0.300. The third kappa shape index (κ3) is 6.77. The van der Waals surface area contributed by atoms with E-state index in [0.29, 0.717) is 13.1 Å². The van der Waals surface area contributed by atoms with E-state index in [1.807, 2.05) is 6.92 Å². The van der Waals surface area contributed by atoms with Gasteiger partial charge in [-0.05, 0) is 31.9 Å². The molecule has 0 heterocycles. The van der Waals surface area contributed by atoms with Gasteiger partial charge in [0, 0.05) is 13.1 Å².